The average Bonchev–Trinajstić information content (AvgIpc) is 3.16. The van der Waals surface area contributed by atoms with E-state index in [0.717, 1.165) is 54.2 Å². The summed E-state index contributed by atoms with van der Waals surface area (Å²) < 4.78 is 2.00. The number of para-hydroxylation sites is 2. The zero-order chi connectivity index (χ0) is 19.6. The molecule has 0 atom stereocenters. The van der Waals surface area contributed by atoms with Crippen LogP contribution >= 0.6 is 0 Å². The molecular weight excluding hydrogens is 360 g/mol. The summed E-state index contributed by atoms with van der Waals surface area (Å²) in [5.41, 5.74) is 11.5. The maximum absolute atomic E-state index is 6.01. The third kappa shape index (κ3) is 3.36. The summed E-state index contributed by atoms with van der Waals surface area (Å²) in [6, 6.07) is 18.4. The molecule has 29 heavy (non-hydrogen) atoms. The van der Waals surface area contributed by atoms with E-state index in [2.05, 4.69) is 34.6 Å². The minimum atomic E-state index is 0.335. The summed E-state index contributed by atoms with van der Waals surface area (Å²) in [5, 5.41) is 3.56. The first-order valence-corrected chi connectivity index (χ1v) is 10.2. The van der Waals surface area contributed by atoms with Crippen LogP contribution < -0.4 is 11.1 Å². The highest BCUT2D eigenvalue weighted by molar-refractivity contribution is 5.77. The fraction of sp³-hybridized carbons (Fsp3) is 0.261. The van der Waals surface area contributed by atoms with Gasteiger partial charge < -0.3 is 11.1 Å². The molecule has 0 unspecified atom stereocenters. The second-order valence-corrected chi connectivity index (χ2v) is 7.40. The zero-order valence-electron chi connectivity index (χ0n) is 16.3. The first-order chi connectivity index (χ1) is 14.3. The molecule has 146 valence electrons. The number of fused-ring (bicyclic) bond motifs is 2. The van der Waals surface area contributed by atoms with Gasteiger partial charge in [0.15, 0.2) is 0 Å². The molecule has 6 heteroatoms. The average molecular weight is 384 g/mol. The van der Waals surface area contributed by atoms with E-state index in [1.54, 1.807) is 0 Å². The summed E-state index contributed by atoms with van der Waals surface area (Å²) in [5.74, 6) is 2.35. The van der Waals surface area contributed by atoms with Gasteiger partial charge in [0.1, 0.15) is 11.6 Å². The van der Waals surface area contributed by atoms with Crippen LogP contribution in [-0.2, 0) is 25.9 Å². The van der Waals surface area contributed by atoms with E-state index in [-0.39, 0.29) is 0 Å². The van der Waals surface area contributed by atoms with Gasteiger partial charge in [-0.2, -0.15) is 4.98 Å². The number of rotatable bonds is 5. The Hall–Kier alpha value is -3.25. The Labute approximate surface area is 169 Å². The number of nitrogens with one attached hydrogen (secondary N) is 1. The fourth-order valence-electron chi connectivity index (χ4n) is 4.04. The van der Waals surface area contributed by atoms with Gasteiger partial charge in [0.2, 0.25) is 5.95 Å². The summed E-state index contributed by atoms with van der Waals surface area (Å²) in [4.78, 5) is 14.6. The number of aryl methyl sites for hydroxylation is 1. The van der Waals surface area contributed by atoms with E-state index in [0.29, 0.717) is 12.5 Å². The summed E-state index contributed by atoms with van der Waals surface area (Å²) in [6.45, 7) is 1.07. The van der Waals surface area contributed by atoms with Crippen molar-refractivity contribution in [1.82, 2.24) is 19.5 Å². The van der Waals surface area contributed by atoms with Crippen LogP contribution in [0.25, 0.3) is 17.0 Å². The zero-order valence-corrected chi connectivity index (χ0v) is 16.3. The maximum Gasteiger partial charge on any atom is 0.237 e. The number of nitrogens with two attached hydrogens (primary N) is 1. The number of imidazole rings is 1. The number of aromatic nitrogens is 4. The van der Waals surface area contributed by atoms with Gasteiger partial charge in [-0.05, 0) is 43.4 Å². The number of benzene rings is 2. The van der Waals surface area contributed by atoms with E-state index < -0.39 is 0 Å². The second kappa shape index (κ2) is 7.64. The van der Waals surface area contributed by atoms with Gasteiger partial charge in [0, 0.05) is 12.1 Å². The molecule has 6 nitrogen and oxygen atoms in total. The Kier molecular flexibility index (Phi) is 4.69. The number of nitrogens with zero attached hydrogens (tertiary/aromatic N) is 4. The van der Waals surface area contributed by atoms with Crippen molar-refractivity contribution >= 4 is 16.9 Å². The van der Waals surface area contributed by atoms with Gasteiger partial charge in [0.25, 0.3) is 0 Å². The summed E-state index contributed by atoms with van der Waals surface area (Å²) >= 11 is 0. The van der Waals surface area contributed by atoms with Crippen LogP contribution in [0.15, 0.2) is 54.6 Å². The molecule has 0 fully saturated rings. The first kappa shape index (κ1) is 17.8. The molecule has 0 radical (unpaired) electrons. The van der Waals surface area contributed by atoms with Crippen LogP contribution in [0.5, 0.6) is 0 Å². The monoisotopic (exact) mass is 384 g/mol. The van der Waals surface area contributed by atoms with Crippen LogP contribution in [0.2, 0.25) is 0 Å². The topological polar surface area (TPSA) is 81.6 Å². The van der Waals surface area contributed by atoms with Gasteiger partial charge in [-0.1, -0.05) is 42.5 Å². The van der Waals surface area contributed by atoms with Crippen LogP contribution in [-0.4, -0.2) is 19.5 Å². The molecule has 0 saturated carbocycles. The SMILES string of the molecule is NCc1nc2ccccc2n1-c1nc2c(c(NCc3ccccc3)n1)CCCC2. The van der Waals surface area contributed by atoms with Crippen molar-refractivity contribution in [1.29, 1.82) is 0 Å². The minimum absolute atomic E-state index is 0.335. The maximum atomic E-state index is 6.01. The molecule has 0 bridgehead atoms. The molecular formula is C23H24N6. The van der Waals surface area contributed by atoms with Crippen molar-refractivity contribution in [2.45, 2.75) is 38.8 Å². The van der Waals surface area contributed by atoms with Gasteiger partial charge in [-0.3, -0.25) is 4.57 Å². The molecule has 1 aliphatic rings. The number of hydrogen-bond acceptors (Lipinski definition) is 5. The molecule has 0 amide bonds. The van der Waals surface area contributed by atoms with Crippen molar-refractivity contribution in [2.24, 2.45) is 5.73 Å². The quantitative estimate of drug-likeness (QED) is 0.547. The van der Waals surface area contributed by atoms with Crippen LogP contribution in [0.3, 0.4) is 0 Å². The van der Waals surface area contributed by atoms with Crippen molar-refractivity contribution in [2.75, 3.05) is 5.32 Å². The van der Waals surface area contributed by atoms with Gasteiger partial charge >= 0.3 is 0 Å². The number of anilines is 1. The lowest BCUT2D eigenvalue weighted by Gasteiger charge is -2.20. The van der Waals surface area contributed by atoms with E-state index >= 15 is 0 Å². The third-order valence-electron chi connectivity index (χ3n) is 5.49. The Bertz CT molecular complexity index is 1150. The highest BCUT2D eigenvalue weighted by Gasteiger charge is 2.21. The number of hydrogen-bond donors (Lipinski definition) is 2. The lowest BCUT2D eigenvalue weighted by Crippen LogP contribution is -2.17. The molecule has 1 aliphatic carbocycles. The van der Waals surface area contributed by atoms with Crippen molar-refractivity contribution in [3.05, 3.63) is 77.2 Å². The van der Waals surface area contributed by atoms with E-state index in [1.807, 2.05) is 34.9 Å². The van der Waals surface area contributed by atoms with Gasteiger partial charge in [-0.15, -0.1) is 0 Å². The summed E-state index contributed by atoms with van der Waals surface area (Å²) in [7, 11) is 0. The predicted octanol–water partition coefficient (Wildman–Crippen LogP) is 3.77. The largest absolute Gasteiger partial charge is 0.366 e. The molecule has 4 aromatic rings. The smallest absolute Gasteiger partial charge is 0.237 e. The molecule has 0 aliphatic heterocycles. The Morgan fingerprint density at radius 2 is 1.69 bits per heavy atom. The standard InChI is InChI=1S/C23H24N6/c24-14-21-26-19-12-6-7-13-20(19)29(21)23-27-18-11-5-4-10-17(18)22(28-23)25-15-16-8-2-1-3-9-16/h1-3,6-9,12-13H,4-5,10-11,14-15,24H2,(H,25,27,28). The highest BCUT2D eigenvalue weighted by Crippen LogP contribution is 2.28. The second-order valence-electron chi connectivity index (χ2n) is 7.40. The van der Waals surface area contributed by atoms with Crippen LogP contribution in [0.1, 0.15) is 35.5 Å². The summed E-state index contributed by atoms with van der Waals surface area (Å²) in [6.07, 6.45) is 4.34. The van der Waals surface area contributed by atoms with Crippen LogP contribution in [0.4, 0.5) is 5.82 Å². The Balaban J connectivity index is 1.61. The van der Waals surface area contributed by atoms with E-state index in [1.165, 1.54) is 17.5 Å². The molecule has 2 aromatic carbocycles. The Morgan fingerprint density at radius 3 is 2.55 bits per heavy atom. The van der Waals surface area contributed by atoms with Crippen molar-refractivity contribution < 1.29 is 0 Å². The molecule has 2 aromatic heterocycles. The molecule has 0 saturated heterocycles. The minimum Gasteiger partial charge on any atom is -0.366 e. The normalized spacial score (nSPS) is 13.4. The Morgan fingerprint density at radius 1 is 0.897 bits per heavy atom. The fourth-order valence-corrected chi connectivity index (χ4v) is 4.04. The van der Waals surface area contributed by atoms with E-state index in [9.17, 15) is 0 Å². The molecule has 5 rings (SSSR count). The molecule has 0 spiro atoms. The predicted molar refractivity (Wildman–Crippen MR) is 115 cm³/mol. The van der Waals surface area contributed by atoms with Crippen LogP contribution in [0, 0.1) is 0 Å². The third-order valence-corrected chi connectivity index (χ3v) is 5.49. The van der Waals surface area contributed by atoms with Gasteiger partial charge in [0.05, 0.1) is 23.3 Å². The van der Waals surface area contributed by atoms with E-state index in [4.69, 9.17) is 15.7 Å². The van der Waals surface area contributed by atoms with Crippen molar-refractivity contribution in [3.63, 3.8) is 0 Å². The molecule has 3 N–H and O–H groups in total. The first-order valence-electron chi connectivity index (χ1n) is 10.2. The van der Waals surface area contributed by atoms with Crippen molar-refractivity contribution in [3.8, 4) is 5.95 Å². The highest BCUT2D eigenvalue weighted by atomic mass is 15.2. The molecule has 2 heterocycles. The lowest BCUT2D eigenvalue weighted by molar-refractivity contribution is 0.657. The van der Waals surface area contributed by atoms with Gasteiger partial charge in [-0.25, -0.2) is 9.97 Å². The lowest BCUT2D eigenvalue weighted by atomic mass is 9.96.